The SMILES string of the molecule is C=CC(COC(=O)Cc1ccc(Br)cc1)N=[N+]=[N-]. The minimum absolute atomic E-state index is 0.0168. The Morgan fingerprint density at radius 2 is 2.22 bits per heavy atom. The van der Waals surface area contributed by atoms with E-state index in [0.29, 0.717) is 0 Å². The summed E-state index contributed by atoms with van der Waals surface area (Å²) in [5.74, 6) is -0.364. The van der Waals surface area contributed by atoms with Crippen LogP contribution in [-0.4, -0.2) is 18.6 Å². The van der Waals surface area contributed by atoms with Crippen LogP contribution in [0.2, 0.25) is 0 Å². The fraction of sp³-hybridized carbons (Fsp3) is 0.250. The summed E-state index contributed by atoms with van der Waals surface area (Å²) in [4.78, 5) is 14.2. The molecule has 1 aromatic carbocycles. The van der Waals surface area contributed by atoms with Crippen molar-refractivity contribution < 1.29 is 9.53 Å². The number of benzene rings is 1. The van der Waals surface area contributed by atoms with Crippen molar-refractivity contribution in [3.63, 3.8) is 0 Å². The number of ether oxygens (including phenoxy) is 1. The number of nitrogens with zero attached hydrogens (tertiary/aromatic N) is 3. The van der Waals surface area contributed by atoms with E-state index in [2.05, 4.69) is 32.5 Å². The van der Waals surface area contributed by atoms with E-state index < -0.39 is 6.04 Å². The molecule has 0 N–H and O–H groups in total. The Morgan fingerprint density at radius 3 is 2.78 bits per heavy atom. The molecule has 0 spiro atoms. The normalized spacial score (nSPS) is 11.2. The van der Waals surface area contributed by atoms with E-state index in [4.69, 9.17) is 10.3 Å². The van der Waals surface area contributed by atoms with Gasteiger partial charge in [-0.1, -0.05) is 39.3 Å². The highest BCUT2D eigenvalue weighted by molar-refractivity contribution is 9.10. The predicted molar refractivity (Wildman–Crippen MR) is 71.9 cm³/mol. The maximum absolute atomic E-state index is 11.5. The number of carbonyl (C=O) groups is 1. The molecule has 1 rings (SSSR count). The fourth-order valence-electron chi connectivity index (χ4n) is 1.21. The average Bonchev–Trinajstić information content (AvgIpc) is 2.37. The minimum atomic E-state index is -0.524. The zero-order valence-electron chi connectivity index (χ0n) is 9.62. The van der Waals surface area contributed by atoms with E-state index in [1.54, 1.807) is 0 Å². The molecular weight excluding hydrogens is 298 g/mol. The summed E-state index contributed by atoms with van der Waals surface area (Å²) in [6.07, 6.45) is 1.63. The third kappa shape index (κ3) is 5.03. The van der Waals surface area contributed by atoms with Crippen molar-refractivity contribution in [2.75, 3.05) is 6.61 Å². The molecule has 0 saturated heterocycles. The van der Waals surface area contributed by atoms with Crippen molar-refractivity contribution in [3.8, 4) is 0 Å². The Kier molecular flexibility index (Phi) is 5.97. The molecule has 0 heterocycles. The summed E-state index contributed by atoms with van der Waals surface area (Å²) in [5.41, 5.74) is 9.12. The second-order valence-corrected chi connectivity index (χ2v) is 4.41. The van der Waals surface area contributed by atoms with Crippen LogP contribution in [0.3, 0.4) is 0 Å². The van der Waals surface area contributed by atoms with Crippen LogP contribution < -0.4 is 0 Å². The highest BCUT2D eigenvalue weighted by Gasteiger charge is 2.08. The van der Waals surface area contributed by atoms with E-state index in [0.717, 1.165) is 10.0 Å². The Hall–Kier alpha value is -1.78. The van der Waals surface area contributed by atoms with Crippen LogP contribution in [0.15, 0.2) is 46.5 Å². The van der Waals surface area contributed by atoms with E-state index in [9.17, 15) is 4.79 Å². The lowest BCUT2D eigenvalue weighted by molar-refractivity contribution is -0.143. The number of hydrogen-bond acceptors (Lipinski definition) is 3. The largest absolute Gasteiger partial charge is 0.465 e. The molecule has 18 heavy (non-hydrogen) atoms. The van der Waals surface area contributed by atoms with Gasteiger partial charge in [0, 0.05) is 9.38 Å². The van der Waals surface area contributed by atoms with Crippen molar-refractivity contribution in [1.82, 2.24) is 0 Å². The quantitative estimate of drug-likeness (QED) is 0.265. The summed E-state index contributed by atoms with van der Waals surface area (Å²) in [7, 11) is 0. The highest BCUT2D eigenvalue weighted by Crippen LogP contribution is 2.11. The van der Waals surface area contributed by atoms with Gasteiger partial charge >= 0.3 is 5.97 Å². The first-order chi connectivity index (χ1) is 8.65. The van der Waals surface area contributed by atoms with Gasteiger partial charge in [-0.25, -0.2) is 0 Å². The van der Waals surface area contributed by atoms with Crippen molar-refractivity contribution >= 4 is 21.9 Å². The van der Waals surface area contributed by atoms with Crippen LogP contribution in [-0.2, 0) is 16.0 Å². The van der Waals surface area contributed by atoms with Gasteiger partial charge in [-0.3, -0.25) is 4.79 Å². The van der Waals surface area contributed by atoms with Crippen molar-refractivity contribution in [3.05, 3.63) is 57.4 Å². The fourth-order valence-corrected chi connectivity index (χ4v) is 1.48. The summed E-state index contributed by atoms with van der Waals surface area (Å²) < 4.78 is 5.95. The van der Waals surface area contributed by atoms with E-state index in [1.165, 1.54) is 6.08 Å². The highest BCUT2D eigenvalue weighted by atomic mass is 79.9. The summed E-state index contributed by atoms with van der Waals surface area (Å²) in [6, 6.07) is 6.86. The minimum Gasteiger partial charge on any atom is -0.465 e. The van der Waals surface area contributed by atoms with Gasteiger partial charge in [-0.2, -0.15) is 0 Å². The summed E-state index contributed by atoms with van der Waals surface area (Å²) in [5, 5.41) is 3.41. The van der Waals surface area contributed by atoms with Gasteiger partial charge in [0.05, 0.1) is 12.5 Å². The van der Waals surface area contributed by atoms with Gasteiger partial charge in [0.15, 0.2) is 0 Å². The molecular formula is C12H12BrN3O2. The number of esters is 1. The molecule has 1 aromatic rings. The summed E-state index contributed by atoms with van der Waals surface area (Å²) >= 11 is 3.31. The third-order valence-electron chi connectivity index (χ3n) is 2.15. The first kappa shape index (κ1) is 14.3. The van der Waals surface area contributed by atoms with Gasteiger partial charge in [-0.05, 0) is 23.2 Å². The molecule has 1 atom stereocenters. The van der Waals surface area contributed by atoms with Crippen molar-refractivity contribution in [2.24, 2.45) is 5.11 Å². The number of rotatable bonds is 6. The first-order valence-electron chi connectivity index (χ1n) is 5.22. The summed E-state index contributed by atoms with van der Waals surface area (Å²) in [6.45, 7) is 3.51. The number of halogens is 1. The maximum atomic E-state index is 11.5. The van der Waals surface area contributed by atoms with Gasteiger partial charge in [0.25, 0.3) is 0 Å². The smallest absolute Gasteiger partial charge is 0.310 e. The Labute approximate surface area is 113 Å². The zero-order valence-corrected chi connectivity index (χ0v) is 11.2. The number of carbonyl (C=O) groups excluding carboxylic acids is 1. The maximum Gasteiger partial charge on any atom is 0.310 e. The van der Waals surface area contributed by atoms with Crippen LogP contribution in [0.1, 0.15) is 5.56 Å². The van der Waals surface area contributed by atoms with Crippen LogP contribution in [0.4, 0.5) is 0 Å². The van der Waals surface area contributed by atoms with Gasteiger partial charge in [0.1, 0.15) is 6.61 Å². The third-order valence-corrected chi connectivity index (χ3v) is 2.68. The monoisotopic (exact) mass is 309 g/mol. The second-order valence-electron chi connectivity index (χ2n) is 3.49. The lowest BCUT2D eigenvalue weighted by Gasteiger charge is -2.07. The van der Waals surface area contributed by atoms with E-state index in [1.807, 2.05) is 24.3 Å². The van der Waals surface area contributed by atoms with E-state index in [-0.39, 0.29) is 19.0 Å². The first-order valence-corrected chi connectivity index (χ1v) is 6.02. The molecule has 0 saturated carbocycles. The Bertz CT molecular complexity index is 467. The van der Waals surface area contributed by atoms with Crippen LogP contribution in [0.5, 0.6) is 0 Å². The standard InChI is InChI=1S/C12H12BrN3O2/c1-2-11(15-16-14)8-18-12(17)7-9-3-5-10(13)6-4-9/h2-6,11H,1,7-8H2. The molecule has 0 radical (unpaired) electrons. The molecule has 5 nitrogen and oxygen atoms in total. The van der Waals surface area contributed by atoms with Crippen LogP contribution >= 0.6 is 15.9 Å². The molecule has 6 heteroatoms. The van der Waals surface area contributed by atoms with Gasteiger partial charge in [0.2, 0.25) is 0 Å². The average molecular weight is 310 g/mol. The van der Waals surface area contributed by atoms with Gasteiger partial charge in [-0.15, -0.1) is 6.58 Å². The molecule has 0 amide bonds. The topological polar surface area (TPSA) is 75.1 Å². The zero-order chi connectivity index (χ0) is 13.4. The predicted octanol–water partition coefficient (Wildman–Crippen LogP) is 3.40. The molecule has 94 valence electrons. The Balaban J connectivity index is 2.44. The molecule has 1 unspecified atom stereocenters. The molecule has 0 bridgehead atoms. The van der Waals surface area contributed by atoms with E-state index >= 15 is 0 Å². The van der Waals surface area contributed by atoms with Gasteiger partial charge < -0.3 is 4.74 Å². The molecule has 0 aliphatic carbocycles. The molecule has 0 fully saturated rings. The Morgan fingerprint density at radius 1 is 1.56 bits per heavy atom. The molecule has 0 aromatic heterocycles. The molecule has 0 aliphatic rings. The van der Waals surface area contributed by atoms with Crippen LogP contribution in [0.25, 0.3) is 10.4 Å². The van der Waals surface area contributed by atoms with Crippen LogP contribution in [0, 0.1) is 0 Å². The second kappa shape index (κ2) is 7.53. The lowest BCUT2D eigenvalue weighted by Crippen LogP contribution is -2.16. The van der Waals surface area contributed by atoms with Crippen molar-refractivity contribution in [2.45, 2.75) is 12.5 Å². The lowest BCUT2D eigenvalue weighted by atomic mass is 10.1. The van der Waals surface area contributed by atoms with Crippen molar-refractivity contribution in [1.29, 1.82) is 0 Å². The molecule has 0 aliphatic heterocycles. The number of azide groups is 1. The number of hydrogen-bond donors (Lipinski definition) is 0.